The number of Topliss-reactive ketones (excluding diaryl/α,β-unsaturated/α-hetero) is 1. The molecule has 4 bridgehead atoms. The normalized spacial score (nSPS) is 37.2. The maximum atomic E-state index is 13.2. The van der Waals surface area contributed by atoms with Crippen LogP contribution in [0.2, 0.25) is 0 Å². The fourth-order valence-corrected chi connectivity index (χ4v) is 5.74. The Morgan fingerprint density at radius 1 is 1.00 bits per heavy atom. The molecule has 0 unspecified atom stereocenters. The summed E-state index contributed by atoms with van der Waals surface area (Å²) in [6.07, 6.45) is 7.42. The number of hydrogen-bond donors (Lipinski definition) is 0. The van der Waals surface area contributed by atoms with E-state index in [1.807, 2.05) is 30.3 Å². The Morgan fingerprint density at radius 3 is 2.24 bits per heavy atom. The second kappa shape index (κ2) is 4.00. The Hall–Kier alpha value is -1.57. The third-order valence-corrected chi connectivity index (χ3v) is 6.17. The molecule has 108 valence electrons. The first-order valence-electron chi connectivity index (χ1n) is 8.25. The van der Waals surface area contributed by atoms with E-state index in [0.717, 1.165) is 48.0 Å². The SMILES string of the molecule is O=C(c1cc2ccccc2o1)C12CC3CC(CC(C3)C1)C2. The quantitative estimate of drug-likeness (QED) is 0.737. The van der Waals surface area contributed by atoms with Crippen LogP contribution in [0.15, 0.2) is 34.7 Å². The summed E-state index contributed by atoms with van der Waals surface area (Å²) in [7, 11) is 0. The molecule has 21 heavy (non-hydrogen) atoms. The van der Waals surface area contributed by atoms with Crippen molar-refractivity contribution in [3.63, 3.8) is 0 Å². The third kappa shape index (κ3) is 1.68. The molecule has 0 aliphatic heterocycles. The highest BCUT2D eigenvalue weighted by molar-refractivity contribution is 6.01. The third-order valence-electron chi connectivity index (χ3n) is 6.17. The minimum Gasteiger partial charge on any atom is -0.453 e. The van der Waals surface area contributed by atoms with Gasteiger partial charge in [-0.1, -0.05) is 18.2 Å². The maximum Gasteiger partial charge on any atom is 0.204 e. The van der Waals surface area contributed by atoms with Crippen LogP contribution in [-0.4, -0.2) is 5.78 Å². The van der Waals surface area contributed by atoms with Crippen molar-refractivity contribution in [2.24, 2.45) is 23.2 Å². The zero-order chi connectivity index (χ0) is 14.0. The molecule has 2 nitrogen and oxygen atoms in total. The molecule has 0 radical (unpaired) electrons. The van der Waals surface area contributed by atoms with Crippen molar-refractivity contribution in [2.75, 3.05) is 0 Å². The number of carbonyl (C=O) groups is 1. The van der Waals surface area contributed by atoms with Gasteiger partial charge >= 0.3 is 0 Å². The predicted molar refractivity (Wildman–Crippen MR) is 81.1 cm³/mol. The van der Waals surface area contributed by atoms with Gasteiger partial charge in [-0.3, -0.25) is 4.79 Å². The minimum atomic E-state index is -0.0946. The molecule has 2 heteroatoms. The van der Waals surface area contributed by atoms with Gasteiger partial charge < -0.3 is 4.42 Å². The Balaban J connectivity index is 1.56. The lowest BCUT2D eigenvalue weighted by Crippen LogP contribution is -2.49. The topological polar surface area (TPSA) is 30.2 Å². The molecule has 0 saturated heterocycles. The molecule has 6 rings (SSSR count). The molecule has 4 aliphatic carbocycles. The number of rotatable bonds is 2. The minimum absolute atomic E-state index is 0.0946. The second-order valence-corrected chi connectivity index (χ2v) is 7.68. The van der Waals surface area contributed by atoms with E-state index in [1.165, 1.54) is 19.3 Å². The molecule has 0 atom stereocenters. The number of para-hydroxylation sites is 1. The summed E-state index contributed by atoms with van der Waals surface area (Å²) in [6, 6.07) is 9.89. The van der Waals surface area contributed by atoms with E-state index >= 15 is 0 Å². The molecular formula is C19H20O2. The van der Waals surface area contributed by atoms with E-state index in [2.05, 4.69) is 0 Å². The molecule has 0 spiro atoms. The van der Waals surface area contributed by atoms with Gasteiger partial charge in [-0.2, -0.15) is 0 Å². The van der Waals surface area contributed by atoms with Crippen LogP contribution in [0.5, 0.6) is 0 Å². The summed E-state index contributed by atoms with van der Waals surface area (Å²) in [6.45, 7) is 0. The summed E-state index contributed by atoms with van der Waals surface area (Å²) in [5.41, 5.74) is 0.744. The van der Waals surface area contributed by atoms with Crippen LogP contribution in [0.4, 0.5) is 0 Å². The van der Waals surface area contributed by atoms with E-state index < -0.39 is 0 Å². The highest BCUT2D eigenvalue weighted by atomic mass is 16.3. The highest BCUT2D eigenvalue weighted by Gasteiger charge is 2.55. The standard InChI is InChI=1S/C19H20O2/c20-18(17-8-15-3-1-2-4-16(15)21-17)19-9-12-5-13(10-19)7-14(6-12)11-19/h1-4,8,12-14H,5-7,9-11H2. The van der Waals surface area contributed by atoms with Crippen LogP contribution in [-0.2, 0) is 0 Å². The number of benzene rings is 1. The van der Waals surface area contributed by atoms with Gasteiger partial charge in [0, 0.05) is 10.8 Å². The van der Waals surface area contributed by atoms with Crippen LogP contribution in [0.1, 0.15) is 49.1 Å². The lowest BCUT2D eigenvalue weighted by atomic mass is 9.48. The van der Waals surface area contributed by atoms with Gasteiger partial charge in [0.1, 0.15) is 5.58 Å². The fourth-order valence-electron chi connectivity index (χ4n) is 5.74. The molecule has 4 fully saturated rings. The first-order valence-corrected chi connectivity index (χ1v) is 8.25. The molecule has 4 saturated carbocycles. The number of hydrogen-bond acceptors (Lipinski definition) is 2. The molecule has 1 aromatic heterocycles. The molecule has 4 aliphatic rings. The lowest BCUT2D eigenvalue weighted by Gasteiger charge is -2.55. The van der Waals surface area contributed by atoms with Crippen molar-refractivity contribution >= 4 is 16.8 Å². The Labute approximate surface area is 124 Å². The van der Waals surface area contributed by atoms with E-state index in [-0.39, 0.29) is 11.2 Å². The van der Waals surface area contributed by atoms with E-state index in [1.54, 1.807) is 0 Å². The van der Waals surface area contributed by atoms with Gasteiger partial charge in [0.15, 0.2) is 5.76 Å². The van der Waals surface area contributed by atoms with Gasteiger partial charge in [0.05, 0.1) is 0 Å². The lowest BCUT2D eigenvalue weighted by molar-refractivity contribution is -0.0364. The highest BCUT2D eigenvalue weighted by Crippen LogP contribution is 2.61. The van der Waals surface area contributed by atoms with Crippen LogP contribution in [0.25, 0.3) is 11.0 Å². The largest absolute Gasteiger partial charge is 0.453 e. The van der Waals surface area contributed by atoms with Crippen molar-refractivity contribution in [2.45, 2.75) is 38.5 Å². The first-order chi connectivity index (χ1) is 10.2. The molecule has 0 N–H and O–H groups in total. The summed E-state index contributed by atoms with van der Waals surface area (Å²) in [5, 5.41) is 1.05. The van der Waals surface area contributed by atoms with Crippen molar-refractivity contribution in [1.82, 2.24) is 0 Å². The van der Waals surface area contributed by atoms with Crippen molar-refractivity contribution in [3.8, 4) is 0 Å². The van der Waals surface area contributed by atoms with E-state index in [0.29, 0.717) is 5.76 Å². The van der Waals surface area contributed by atoms with Crippen LogP contribution >= 0.6 is 0 Å². The monoisotopic (exact) mass is 280 g/mol. The molecule has 1 heterocycles. The van der Waals surface area contributed by atoms with Crippen molar-refractivity contribution < 1.29 is 9.21 Å². The van der Waals surface area contributed by atoms with Gasteiger partial charge in [-0.25, -0.2) is 0 Å². The van der Waals surface area contributed by atoms with Crippen LogP contribution in [0.3, 0.4) is 0 Å². The van der Waals surface area contributed by atoms with Crippen LogP contribution < -0.4 is 0 Å². The Morgan fingerprint density at radius 2 is 1.62 bits per heavy atom. The predicted octanol–water partition coefficient (Wildman–Crippen LogP) is 4.83. The fraction of sp³-hybridized carbons (Fsp3) is 0.526. The maximum absolute atomic E-state index is 13.2. The Bertz CT molecular complexity index is 656. The van der Waals surface area contributed by atoms with Gasteiger partial charge in [-0.05, 0) is 68.4 Å². The molecule has 1 aromatic carbocycles. The smallest absolute Gasteiger partial charge is 0.204 e. The van der Waals surface area contributed by atoms with E-state index in [9.17, 15) is 4.79 Å². The zero-order valence-corrected chi connectivity index (χ0v) is 12.2. The van der Waals surface area contributed by atoms with Gasteiger partial charge in [0.2, 0.25) is 5.78 Å². The number of furan rings is 1. The van der Waals surface area contributed by atoms with Gasteiger partial charge in [0.25, 0.3) is 0 Å². The number of carbonyl (C=O) groups excluding carboxylic acids is 1. The zero-order valence-electron chi connectivity index (χ0n) is 12.2. The molecule has 0 amide bonds. The molecule has 2 aromatic rings. The summed E-state index contributed by atoms with van der Waals surface area (Å²) >= 11 is 0. The van der Waals surface area contributed by atoms with Crippen LogP contribution in [0, 0.1) is 23.2 Å². The average Bonchev–Trinajstić information content (AvgIpc) is 2.88. The average molecular weight is 280 g/mol. The second-order valence-electron chi connectivity index (χ2n) is 7.68. The number of ketones is 1. The van der Waals surface area contributed by atoms with Crippen molar-refractivity contribution in [1.29, 1.82) is 0 Å². The summed E-state index contributed by atoms with van der Waals surface area (Å²) in [5.74, 6) is 3.27. The number of fused-ring (bicyclic) bond motifs is 1. The molecular weight excluding hydrogens is 260 g/mol. The van der Waals surface area contributed by atoms with E-state index in [4.69, 9.17) is 4.42 Å². The summed E-state index contributed by atoms with van der Waals surface area (Å²) < 4.78 is 5.87. The summed E-state index contributed by atoms with van der Waals surface area (Å²) in [4.78, 5) is 13.2. The van der Waals surface area contributed by atoms with Gasteiger partial charge in [-0.15, -0.1) is 0 Å². The Kier molecular flexibility index (Phi) is 2.29. The first kappa shape index (κ1) is 12.0. The van der Waals surface area contributed by atoms with Crippen molar-refractivity contribution in [3.05, 3.63) is 36.1 Å².